The highest BCUT2D eigenvalue weighted by molar-refractivity contribution is 7.99. The molecule has 1 fully saturated rings. The highest BCUT2D eigenvalue weighted by Crippen LogP contribution is 2.15. The van der Waals surface area contributed by atoms with Crippen molar-refractivity contribution in [3.05, 3.63) is 0 Å². The lowest BCUT2D eigenvalue weighted by atomic mass is 10.3. The molecule has 1 heterocycles. The molecule has 1 saturated heterocycles. The average molecular weight is 117 g/mol. The van der Waals surface area contributed by atoms with Crippen LogP contribution in [0.2, 0.25) is 0 Å². The van der Waals surface area contributed by atoms with Gasteiger partial charge < -0.3 is 5.32 Å². The van der Waals surface area contributed by atoms with Crippen LogP contribution in [0.4, 0.5) is 0 Å². The summed E-state index contributed by atoms with van der Waals surface area (Å²) in [5.41, 5.74) is 0. The van der Waals surface area contributed by atoms with Crippen molar-refractivity contribution < 1.29 is 0 Å². The summed E-state index contributed by atoms with van der Waals surface area (Å²) in [5.74, 6) is 2.67. The lowest BCUT2D eigenvalue weighted by Gasteiger charge is -2.02. The van der Waals surface area contributed by atoms with Gasteiger partial charge in [-0.1, -0.05) is 0 Å². The SMILES string of the molecule is CNC1CCSC1. The van der Waals surface area contributed by atoms with E-state index in [1.54, 1.807) is 0 Å². The van der Waals surface area contributed by atoms with Gasteiger partial charge in [0.25, 0.3) is 0 Å². The molecule has 7 heavy (non-hydrogen) atoms. The first kappa shape index (κ1) is 5.45. The minimum atomic E-state index is 0.810. The Morgan fingerprint density at radius 2 is 2.57 bits per heavy atom. The Kier molecular flexibility index (Phi) is 2.00. The van der Waals surface area contributed by atoms with E-state index in [2.05, 4.69) is 5.32 Å². The molecule has 0 spiro atoms. The minimum absolute atomic E-state index is 0.810. The smallest absolute Gasteiger partial charge is 0.0163 e. The van der Waals surface area contributed by atoms with Gasteiger partial charge >= 0.3 is 0 Å². The average Bonchev–Trinajstić information content (AvgIpc) is 2.14. The highest BCUT2D eigenvalue weighted by atomic mass is 32.2. The van der Waals surface area contributed by atoms with Crippen molar-refractivity contribution in [1.29, 1.82) is 0 Å². The summed E-state index contributed by atoms with van der Waals surface area (Å²) < 4.78 is 0. The van der Waals surface area contributed by atoms with Crippen LogP contribution >= 0.6 is 11.8 Å². The van der Waals surface area contributed by atoms with E-state index in [9.17, 15) is 0 Å². The molecule has 1 unspecified atom stereocenters. The highest BCUT2D eigenvalue weighted by Gasteiger charge is 2.11. The molecule has 2 heteroatoms. The van der Waals surface area contributed by atoms with Gasteiger partial charge in [-0.05, 0) is 19.2 Å². The third-order valence-electron chi connectivity index (χ3n) is 1.34. The van der Waals surface area contributed by atoms with Gasteiger partial charge in [0.2, 0.25) is 0 Å². The van der Waals surface area contributed by atoms with Crippen LogP contribution < -0.4 is 5.32 Å². The Labute approximate surface area is 48.9 Å². The predicted molar refractivity (Wildman–Crippen MR) is 34.8 cm³/mol. The van der Waals surface area contributed by atoms with Crippen molar-refractivity contribution in [2.24, 2.45) is 0 Å². The molecule has 0 aliphatic carbocycles. The molecule has 1 aliphatic heterocycles. The molecule has 0 aromatic rings. The molecule has 0 aromatic heterocycles. The molecule has 0 aromatic carbocycles. The zero-order valence-corrected chi connectivity index (χ0v) is 5.42. The molecule has 42 valence electrons. The Morgan fingerprint density at radius 3 is 2.86 bits per heavy atom. The van der Waals surface area contributed by atoms with Gasteiger partial charge in [-0.2, -0.15) is 11.8 Å². The van der Waals surface area contributed by atoms with E-state index in [0.717, 1.165) is 6.04 Å². The van der Waals surface area contributed by atoms with Crippen LogP contribution in [-0.2, 0) is 0 Å². The molecule has 0 bridgehead atoms. The first-order valence-electron chi connectivity index (χ1n) is 2.68. The van der Waals surface area contributed by atoms with Crippen LogP contribution in [-0.4, -0.2) is 24.6 Å². The maximum atomic E-state index is 3.24. The standard InChI is InChI=1S/C5H11NS/c1-6-5-2-3-7-4-5/h5-6H,2-4H2,1H3. The van der Waals surface area contributed by atoms with E-state index in [-0.39, 0.29) is 0 Å². The summed E-state index contributed by atoms with van der Waals surface area (Å²) >= 11 is 2.04. The monoisotopic (exact) mass is 117 g/mol. The first-order chi connectivity index (χ1) is 3.43. The first-order valence-corrected chi connectivity index (χ1v) is 3.84. The van der Waals surface area contributed by atoms with Gasteiger partial charge in [-0.3, -0.25) is 0 Å². The number of thioether (sulfide) groups is 1. The predicted octanol–water partition coefficient (Wildman–Crippen LogP) is 0.711. The quantitative estimate of drug-likeness (QED) is 0.543. The van der Waals surface area contributed by atoms with Gasteiger partial charge in [0, 0.05) is 11.8 Å². The zero-order valence-electron chi connectivity index (χ0n) is 4.61. The van der Waals surface area contributed by atoms with Crippen LogP contribution in [0.1, 0.15) is 6.42 Å². The van der Waals surface area contributed by atoms with Crippen molar-refractivity contribution in [3.63, 3.8) is 0 Å². The van der Waals surface area contributed by atoms with Crippen LogP contribution in [0.3, 0.4) is 0 Å². The van der Waals surface area contributed by atoms with E-state index in [0.29, 0.717) is 0 Å². The number of rotatable bonds is 1. The summed E-state index contributed by atoms with van der Waals surface area (Å²) in [6, 6.07) is 0.810. The summed E-state index contributed by atoms with van der Waals surface area (Å²) in [6.07, 6.45) is 1.36. The second-order valence-corrected chi connectivity index (χ2v) is 3.00. The second kappa shape index (κ2) is 2.58. The fourth-order valence-electron chi connectivity index (χ4n) is 0.762. The Balaban J connectivity index is 2.14. The van der Waals surface area contributed by atoms with Gasteiger partial charge in [-0.15, -0.1) is 0 Å². The van der Waals surface area contributed by atoms with Crippen LogP contribution in [0.15, 0.2) is 0 Å². The summed E-state index contributed by atoms with van der Waals surface area (Å²) in [7, 11) is 2.04. The zero-order chi connectivity index (χ0) is 5.11. The van der Waals surface area contributed by atoms with E-state index in [1.807, 2.05) is 18.8 Å². The third kappa shape index (κ3) is 1.35. The second-order valence-electron chi connectivity index (χ2n) is 1.85. The van der Waals surface area contributed by atoms with Crippen LogP contribution in [0.5, 0.6) is 0 Å². The summed E-state index contributed by atoms with van der Waals surface area (Å²) in [5, 5.41) is 3.24. The van der Waals surface area contributed by atoms with Crippen molar-refractivity contribution >= 4 is 11.8 Å². The lowest BCUT2D eigenvalue weighted by molar-refractivity contribution is 0.624. The molecule has 1 rings (SSSR count). The molecule has 1 aliphatic rings. The Hall–Kier alpha value is 0.310. The fourth-order valence-corrected chi connectivity index (χ4v) is 2.00. The topological polar surface area (TPSA) is 12.0 Å². The maximum Gasteiger partial charge on any atom is 0.0163 e. The van der Waals surface area contributed by atoms with Crippen molar-refractivity contribution in [2.45, 2.75) is 12.5 Å². The fraction of sp³-hybridized carbons (Fsp3) is 1.00. The van der Waals surface area contributed by atoms with E-state index in [4.69, 9.17) is 0 Å². The number of hydrogen-bond acceptors (Lipinski definition) is 2. The van der Waals surface area contributed by atoms with Gasteiger partial charge in [-0.25, -0.2) is 0 Å². The number of nitrogens with one attached hydrogen (secondary N) is 1. The Bertz CT molecular complexity index is 50.0. The normalized spacial score (nSPS) is 31.3. The molecule has 1 atom stereocenters. The van der Waals surface area contributed by atoms with Crippen molar-refractivity contribution in [1.82, 2.24) is 5.32 Å². The van der Waals surface area contributed by atoms with Crippen molar-refractivity contribution in [3.8, 4) is 0 Å². The molecule has 1 nitrogen and oxygen atoms in total. The summed E-state index contributed by atoms with van der Waals surface area (Å²) in [6.45, 7) is 0. The van der Waals surface area contributed by atoms with Crippen molar-refractivity contribution in [2.75, 3.05) is 18.6 Å². The molecule has 0 radical (unpaired) electrons. The molecule has 1 N–H and O–H groups in total. The minimum Gasteiger partial charge on any atom is -0.316 e. The maximum absolute atomic E-state index is 3.24. The van der Waals surface area contributed by atoms with Gasteiger partial charge in [0.05, 0.1) is 0 Å². The molecule has 0 amide bonds. The van der Waals surface area contributed by atoms with E-state index in [1.165, 1.54) is 17.9 Å². The number of hydrogen-bond donors (Lipinski definition) is 1. The van der Waals surface area contributed by atoms with Crippen LogP contribution in [0, 0.1) is 0 Å². The van der Waals surface area contributed by atoms with Gasteiger partial charge in [0.1, 0.15) is 0 Å². The summed E-state index contributed by atoms with van der Waals surface area (Å²) in [4.78, 5) is 0. The van der Waals surface area contributed by atoms with Crippen LogP contribution in [0.25, 0.3) is 0 Å². The largest absolute Gasteiger partial charge is 0.316 e. The Morgan fingerprint density at radius 1 is 1.71 bits per heavy atom. The molecular formula is C5H11NS. The van der Waals surface area contributed by atoms with Gasteiger partial charge in [0.15, 0.2) is 0 Å². The third-order valence-corrected chi connectivity index (χ3v) is 2.50. The molecule has 0 saturated carbocycles. The lowest BCUT2D eigenvalue weighted by Crippen LogP contribution is -2.23. The molecular weight excluding hydrogens is 106 g/mol. The van der Waals surface area contributed by atoms with E-state index < -0.39 is 0 Å². The van der Waals surface area contributed by atoms with E-state index >= 15 is 0 Å².